The number of aryl methyl sites for hydroxylation is 2. The fraction of sp³-hybridized carbons (Fsp3) is 0.667. The monoisotopic (exact) mass is 195 g/mol. The predicted molar refractivity (Wildman–Crippen MR) is 59.7 cm³/mol. The molecule has 1 aromatic heterocycles. The molecular weight excluding hydrogens is 174 g/mol. The summed E-state index contributed by atoms with van der Waals surface area (Å²) in [6.45, 7) is 9.01. The summed E-state index contributed by atoms with van der Waals surface area (Å²) in [6.07, 6.45) is 1.85. The van der Waals surface area contributed by atoms with Crippen molar-refractivity contribution in [2.75, 3.05) is 6.61 Å². The summed E-state index contributed by atoms with van der Waals surface area (Å²) in [6, 6.07) is 2.77. The van der Waals surface area contributed by atoms with Crippen molar-refractivity contribution < 1.29 is 5.11 Å². The van der Waals surface area contributed by atoms with Gasteiger partial charge in [0.2, 0.25) is 0 Å². The van der Waals surface area contributed by atoms with E-state index in [2.05, 4.69) is 38.3 Å². The number of hydrogen-bond donors (Lipinski definition) is 1. The molecule has 80 valence electrons. The molecule has 2 nitrogen and oxygen atoms in total. The van der Waals surface area contributed by atoms with Crippen LogP contribution in [0.1, 0.15) is 43.3 Å². The second kappa shape index (κ2) is 4.65. The molecule has 1 N–H and O–H groups in total. The first kappa shape index (κ1) is 11.3. The van der Waals surface area contributed by atoms with E-state index >= 15 is 0 Å². The van der Waals surface area contributed by atoms with E-state index in [4.69, 9.17) is 5.11 Å². The molecule has 0 aromatic carbocycles. The van der Waals surface area contributed by atoms with Gasteiger partial charge in [0.05, 0.1) is 0 Å². The third-order valence-electron chi connectivity index (χ3n) is 2.71. The Morgan fingerprint density at radius 1 is 1.36 bits per heavy atom. The third-order valence-corrected chi connectivity index (χ3v) is 2.71. The highest BCUT2D eigenvalue weighted by Gasteiger charge is 2.10. The normalized spacial score (nSPS) is 11.3. The number of rotatable bonds is 4. The maximum Gasteiger partial charge on any atom is 0.0434 e. The summed E-state index contributed by atoms with van der Waals surface area (Å²) in [5.41, 5.74) is 4.06. The van der Waals surface area contributed by atoms with Crippen LogP contribution in [0.4, 0.5) is 0 Å². The molecule has 14 heavy (non-hydrogen) atoms. The summed E-state index contributed by atoms with van der Waals surface area (Å²) < 4.78 is 2.35. The number of aliphatic hydroxyl groups is 1. The minimum atomic E-state index is 0.283. The van der Waals surface area contributed by atoms with Gasteiger partial charge >= 0.3 is 0 Å². The molecule has 1 heterocycles. The van der Waals surface area contributed by atoms with E-state index in [9.17, 15) is 0 Å². The topological polar surface area (TPSA) is 25.2 Å². The zero-order chi connectivity index (χ0) is 10.7. The van der Waals surface area contributed by atoms with Crippen molar-refractivity contribution in [3.05, 3.63) is 23.0 Å². The number of nitrogens with zero attached hydrogens (tertiary/aromatic N) is 1. The molecule has 0 aliphatic heterocycles. The smallest absolute Gasteiger partial charge is 0.0434 e. The molecule has 0 aliphatic rings. The van der Waals surface area contributed by atoms with Crippen LogP contribution in [0.15, 0.2) is 6.07 Å². The van der Waals surface area contributed by atoms with Crippen LogP contribution in [0.25, 0.3) is 0 Å². The lowest BCUT2D eigenvalue weighted by Gasteiger charge is -2.13. The molecular formula is C12H21NO. The predicted octanol–water partition coefficient (Wildman–Crippen LogP) is 2.61. The van der Waals surface area contributed by atoms with Gasteiger partial charge in [-0.15, -0.1) is 0 Å². The van der Waals surface area contributed by atoms with Gasteiger partial charge in [-0.2, -0.15) is 0 Å². The molecule has 0 bridgehead atoms. The lowest BCUT2D eigenvalue weighted by atomic mass is 10.1. The van der Waals surface area contributed by atoms with Crippen LogP contribution in [-0.2, 0) is 6.42 Å². The third kappa shape index (κ3) is 2.18. The molecule has 0 saturated carbocycles. The van der Waals surface area contributed by atoms with Crippen LogP contribution < -0.4 is 0 Å². The van der Waals surface area contributed by atoms with E-state index in [0.29, 0.717) is 6.04 Å². The van der Waals surface area contributed by atoms with Gasteiger partial charge in [0.25, 0.3) is 0 Å². The Kier molecular flexibility index (Phi) is 3.76. The summed E-state index contributed by atoms with van der Waals surface area (Å²) in [5.74, 6) is 0. The van der Waals surface area contributed by atoms with Crippen LogP contribution in [0.2, 0.25) is 0 Å². The Labute approximate surface area is 86.6 Å². The van der Waals surface area contributed by atoms with Gasteiger partial charge in [-0.25, -0.2) is 0 Å². The number of aliphatic hydroxyl groups excluding tert-OH is 1. The van der Waals surface area contributed by atoms with E-state index in [-0.39, 0.29) is 6.61 Å². The Morgan fingerprint density at radius 2 is 2.00 bits per heavy atom. The number of aromatic nitrogens is 1. The molecule has 0 aliphatic carbocycles. The molecule has 1 rings (SSSR count). The van der Waals surface area contributed by atoms with Gasteiger partial charge in [-0.05, 0) is 52.2 Å². The van der Waals surface area contributed by atoms with Crippen LogP contribution in [0.5, 0.6) is 0 Å². The van der Waals surface area contributed by atoms with Gasteiger partial charge < -0.3 is 9.67 Å². The summed E-state index contributed by atoms with van der Waals surface area (Å²) in [5, 5.41) is 8.80. The van der Waals surface area contributed by atoms with Crippen molar-refractivity contribution in [3.63, 3.8) is 0 Å². The average Bonchev–Trinajstić information content (AvgIpc) is 2.38. The van der Waals surface area contributed by atoms with Gasteiger partial charge in [-0.1, -0.05) is 0 Å². The molecule has 0 saturated heterocycles. The van der Waals surface area contributed by atoms with E-state index in [0.717, 1.165) is 12.8 Å². The second-order valence-corrected chi connectivity index (χ2v) is 4.19. The zero-order valence-corrected chi connectivity index (χ0v) is 9.67. The highest BCUT2D eigenvalue weighted by Crippen LogP contribution is 2.20. The Hall–Kier alpha value is -0.760. The highest BCUT2D eigenvalue weighted by molar-refractivity contribution is 5.27. The zero-order valence-electron chi connectivity index (χ0n) is 9.67. The second-order valence-electron chi connectivity index (χ2n) is 4.19. The van der Waals surface area contributed by atoms with E-state index in [1.807, 2.05) is 0 Å². The molecule has 1 aromatic rings. The summed E-state index contributed by atoms with van der Waals surface area (Å²) >= 11 is 0. The Bertz CT molecular complexity index is 300. The molecule has 0 unspecified atom stereocenters. The van der Waals surface area contributed by atoms with Crippen LogP contribution in [0.3, 0.4) is 0 Å². The summed E-state index contributed by atoms with van der Waals surface area (Å²) in [4.78, 5) is 0. The minimum Gasteiger partial charge on any atom is -0.396 e. The maximum atomic E-state index is 8.80. The van der Waals surface area contributed by atoms with Gasteiger partial charge in [0, 0.05) is 24.0 Å². The van der Waals surface area contributed by atoms with Gasteiger partial charge in [0.15, 0.2) is 0 Å². The number of hydrogen-bond acceptors (Lipinski definition) is 1. The quantitative estimate of drug-likeness (QED) is 0.785. The van der Waals surface area contributed by atoms with Crippen molar-refractivity contribution in [1.29, 1.82) is 0 Å². The van der Waals surface area contributed by atoms with Crippen molar-refractivity contribution in [2.24, 2.45) is 0 Å². The van der Waals surface area contributed by atoms with Gasteiger partial charge in [0.1, 0.15) is 0 Å². The first-order valence-corrected chi connectivity index (χ1v) is 5.36. The fourth-order valence-corrected chi connectivity index (χ4v) is 2.16. The SMILES string of the molecule is Cc1cc(CCCO)c(C)n1C(C)C. The molecule has 2 heteroatoms. The highest BCUT2D eigenvalue weighted by atomic mass is 16.2. The van der Waals surface area contributed by atoms with E-state index in [1.54, 1.807) is 0 Å². The van der Waals surface area contributed by atoms with Crippen LogP contribution >= 0.6 is 0 Å². The first-order valence-electron chi connectivity index (χ1n) is 5.36. The minimum absolute atomic E-state index is 0.283. The van der Waals surface area contributed by atoms with Gasteiger partial charge in [-0.3, -0.25) is 0 Å². The lowest BCUT2D eigenvalue weighted by Crippen LogP contribution is -2.05. The molecule has 0 atom stereocenters. The average molecular weight is 195 g/mol. The van der Waals surface area contributed by atoms with Crippen molar-refractivity contribution in [2.45, 2.75) is 46.6 Å². The first-order chi connectivity index (χ1) is 6.57. The van der Waals surface area contributed by atoms with Crippen molar-refractivity contribution in [1.82, 2.24) is 4.57 Å². The van der Waals surface area contributed by atoms with Crippen molar-refractivity contribution >= 4 is 0 Å². The van der Waals surface area contributed by atoms with E-state index < -0.39 is 0 Å². The molecule has 0 fully saturated rings. The lowest BCUT2D eigenvalue weighted by molar-refractivity contribution is 0.288. The molecule has 0 spiro atoms. The molecule has 0 amide bonds. The molecule has 0 radical (unpaired) electrons. The Balaban J connectivity index is 2.92. The fourth-order valence-electron chi connectivity index (χ4n) is 2.16. The standard InChI is InChI=1S/C12H21NO/c1-9(2)13-10(3)8-12(11(13)4)6-5-7-14/h8-9,14H,5-7H2,1-4H3. The largest absolute Gasteiger partial charge is 0.396 e. The summed E-state index contributed by atoms with van der Waals surface area (Å²) in [7, 11) is 0. The van der Waals surface area contributed by atoms with Crippen LogP contribution in [-0.4, -0.2) is 16.3 Å². The van der Waals surface area contributed by atoms with E-state index in [1.165, 1.54) is 17.0 Å². The van der Waals surface area contributed by atoms with Crippen LogP contribution in [0, 0.1) is 13.8 Å². The van der Waals surface area contributed by atoms with Crippen molar-refractivity contribution in [3.8, 4) is 0 Å². The maximum absolute atomic E-state index is 8.80. The Morgan fingerprint density at radius 3 is 2.43 bits per heavy atom.